The molecular formula is C23H21N3O3. The fourth-order valence-corrected chi connectivity index (χ4v) is 3.43. The molecule has 29 heavy (non-hydrogen) atoms. The van der Waals surface area contributed by atoms with Crippen molar-refractivity contribution in [1.82, 2.24) is 0 Å². The third kappa shape index (κ3) is 3.65. The number of nitrogens with zero attached hydrogens (tertiary/aromatic N) is 1. The van der Waals surface area contributed by atoms with Crippen LogP contribution in [-0.2, 0) is 10.3 Å². The Balaban J connectivity index is 1.66. The van der Waals surface area contributed by atoms with Crippen molar-refractivity contribution < 1.29 is 14.3 Å². The first-order chi connectivity index (χ1) is 14.1. The Morgan fingerprint density at radius 1 is 1.03 bits per heavy atom. The number of amides is 1. The van der Waals surface area contributed by atoms with Gasteiger partial charge in [0.05, 0.1) is 7.11 Å². The number of nitrogens with one attached hydrogen (secondary N) is 1. The summed E-state index contributed by atoms with van der Waals surface area (Å²) in [5, 5.41) is 2.94. The summed E-state index contributed by atoms with van der Waals surface area (Å²) in [4.78, 5) is 17.3. The Hall–Kier alpha value is -3.80. The summed E-state index contributed by atoms with van der Waals surface area (Å²) in [6.45, 7) is 0.302. The largest absolute Gasteiger partial charge is 0.497 e. The topological polar surface area (TPSA) is 85.9 Å². The van der Waals surface area contributed by atoms with Crippen LogP contribution in [0.2, 0.25) is 0 Å². The van der Waals surface area contributed by atoms with Crippen LogP contribution in [0.5, 0.6) is 5.75 Å². The van der Waals surface area contributed by atoms with E-state index < -0.39 is 5.54 Å². The molecule has 1 aliphatic rings. The highest BCUT2D eigenvalue weighted by Crippen LogP contribution is 2.38. The first-order valence-corrected chi connectivity index (χ1v) is 9.20. The smallest absolute Gasteiger partial charge is 0.283 e. The minimum atomic E-state index is -0.748. The highest BCUT2D eigenvalue weighted by molar-refractivity contribution is 6.04. The number of ether oxygens (including phenoxy) is 2. The van der Waals surface area contributed by atoms with Gasteiger partial charge in [0.25, 0.3) is 11.9 Å². The van der Waals surface area contributed by atoms with E-state index in [0.717, 1.165) is 11.1 Å². The summed E-state index contributed by atoms with van der Waals surface area (Å²) in [5.41, 5.74) is 8.13. The number of benzene rings is 3. The molecule has 6 heteroatoms. The molecule has 3 N–H and O–H groups in total. The van der Waals surface area contributed by atoms with E-state index in [2.05, 4.69) is 10.3 Å². The molecule has 3 aromatic rings. The van der Waals surface area contributed by atoms with E-state index in [1.165, 1.54) is 0 Å². The van der Waals surface area contributed by atoms with E-state index in [9.17, 15) is 4.79 Å². The van der Waals surface area contributed by atoms with E-state index >= 15 is 0 Å². The fraction of sp³-hybridized carbons (Fsp3) is 0.130. The number of carbonyl (C=O) groups is 1. The second-order valence-electron chi connectivity index (χ2n) is 6.73. The molecule has 0 saturated carbocycles. The van der Waals surface area contributed by atoms with Crippen LogP contribution < -0.4 is 15.8 Å². The summed E-state index contributed by atoms with van der Waals surface area (Å²) in [5.74, 6) is 0.405. The molecule has 1 unspecified atom stereocenters. The Bertz CT molecular complexity index is 1070. The highest BCUT2D eigenvalue weighted by Gasteiger charge is 2.40. The minimum absolute atomic E-state index is 0.152. The number of amidine groups is 1. The molecule has 0 bridgehead atoms. The number of aliphatic imine (C=N–C) groups is 1. The van der Waals surface area contributed by atoms with Gasteiger partial charge >= 0.3 is 0 Å². The Morgan fingerprint density at radius 3 is 2.52 bits per heavy atom. The molecule has 1 atom stereocenters. The first kappa shape index (κ1) is 18.6. The van der Waals surface area contributed by atoms with Crippen LogP contribution in [0, 0.1) is 0 Å². The van der Waals surface area contributed by atoms with Crippen LogP contribution in [0.1, 0.15) is 21.5 Å². The molecule has 0 spiro atoms. The summed E-state index contributed by atoms with van der Waals surface area (Å²) in [6, 6.07) is 24.6. The average molecular weight is 387 g/mol. The van der Waals surface area contributed by atoms with E-state index in [-0.39, 0.29) is 11.9 Å². The Labute approximate surface area is 169 Å². The quantitative estimate of drug-likeness (QED) is 0.701. The number of methoxy groups -OCH3 is 1. The maximum Gasteiger partial charge on any atom is 0.283 e. The zero-order valence-corrected chi connectivity index (χ0v) is 16.0. The number of anilines is 1. The minimum Gasteiger partial charge on any atom is -0.497 e. The van der Waals surface area contributed by atoms with Crippen LogP contribution in [0.3, 0.4) is 0 Å². The lowest BCUT2D eigenvalue weighted by Gasteiger charge is -2.25. The number of carbonyl (C=O) groups excluding carboxylic acids is 1. The zero-order chi connectivity index (χ0) is 20.3. The van der Waals surface area contributed by atoms with E-state index in [4.69, 9.17) is 15.2 Å². The average Bonchev–Trinajstić information content (AvgIpc) is 3.17. The van der Waals surface area contributed by atoms with Gasteiger partial charge in [0.15, 0.2) is 5.54 Å². The summed E-state index contributed by atoms with van der Waals surface area (Å²) < 4.78 is 10.7. The molecule has 1 aliphatic heterocycles. The highest BCUT2D eigenvalue weighted by atomic mass is 16.5. The van der Waals surface area contributed by atoms with Crippen LogP contribution in [0.4, 0.5) is 5.69 Å². The van der Waals surface area contributed by atoms with Crippen molar-refractivity contribution >= 4 is 17.6 Å². The SMILES string of the molecule is COc1cccc(C(=O)Nc2cccc(C3(c4ccccc4)COC(N)=N3)c2)c1. The molecule has 146 valence electrons. The lowest BCUT2D eigenvalue weighted by atomic mass is 9.84. The molecular weight excluding hydrogens is 366 g/mol. The Morgan fingerprint density at radius 2 is 1.79 bits per heavy atom. The van der Waals surface area contributed by atoms with Gasteiger partial charge in [0, 0.05) is 11.3 Å². The maximum atomic E-state index is 12.7. The van der Waals surface area contributed by atoms with Crippen molar-refractivity contribution in [3.63, 3.8) is 0 Å². The van der Waals surface area contributed by atoms with Gasteiger partial charge in [-0.05, 0) is 41.5 Å². The van der Waals surface area contributed by atoms with Crippen molar-refractivity contribution in [2.24, 2.45) is 10.7 Å². The lowest BCUT2D eigenvalue weighted by Crippen LogP contribution is -2.27. The second-order valence-corrected chi connectivity index (χ2v) is 6.73. The predicted molar refractivity (Wildman–Crippen MR) is 112 cm³/mol. The van der Waals surface area contributed by atoms with Crippen molar-refractivity contribution in [1.29, 1.82) is 0 Å². The normalized spacial score (nSPS) is 17.9. The van der Waals surface area contributed by atoms with E-state index in [1.54, 1.807) is 31.4 Å². The Kier molecular flexibility index (Phi) is 4.91. The van der Waals surface area contributed by atoms with Crippen molar-refractivity contribution in [3.8, 4) is 5.75 Å². The van der Waals surface area contributed by atoms with Crippen LogP contribution >= 0.6 is 0 Å². The molecule has 0 aliphatic carbocycles. The number of rotatable bonds is 5. The second kappa shape index (κ2) is 7.67. The number of nitrogens with two attached hydrogens (primary N) is 1. The standard InChI is InChI=1S/C23H21N3O3/c1-28-20-12-5-7-16(13-20)21(27)25-19-11-6-10-18(14-19)23(15-29-22(24)26-23)17-8-3-2-4-9-17/h2-14H,15H2,1H3,(H2,24,26)(H,25,27). The summed E-state index contributed by atoms with van der Waals surface area (Å²) in [6.07, 6.45) is 0. The first-order valence-electron chi connectivity index (χ1n) is 9.20. The molecule has 1 heterocycles. The maximum absolute atomic E-state index is 12.7. The van der Waals surface area contributed by atoms with Gasteiger partial charge in [0.2, 0.25) is 0 Å². The monoisotopic (exact) mass is 387 g/mol. The zero-order valence-electron chi connectivity index (χ0n) is 16.0. The summed E-state index contributed by atoms with van der Waals surface area (Å²) in [7, 11) is 1.57. The van der Waals surface area contributed by atoms with Gasteiger partial charge in [-0.25, -0.2) is 4.99 Å². The third-order valence-electron chi connectivity index (χ3n) is 4.91. The third-order valence-corrected chi connectivity index (χ3v) is 4.91. The molecule has 0 aromatic heterocycles. The molecule has 3 aromatic carbocycles. The molecule has 6 nitrogen and oxygen atoms in total. The molecule has 4 rings (SSSR count). The molecule has 0 saturated heterocycles. The van der Waals surface area contributed by atoms with Gasteiger partial charge < -0.3 is 20.5 Å². The van der Waals surface area contributed by atoms with Crippen LogP contribution in [0.25, 0.3) is 0 Å². The van der Waals surface area contributed by atoms with Crippen LogP contribution in [-0.4, -0.2) is 25.6 Å². The predicted octanol–water partition coefficient (Wildman–Crippen LogP) is 3.54. The number of hydrogen-bond donors (Lipinski definition) is 2. The van der Waals surface area contributed by atoms with E-state index in [1.807, 2.05) is 54.6 Å². The fourth-order valence-electron chi connectivity index (χ4n) is 3.43. The number of hydrogen-bond acceptors (Lipinski definition) is 5. The molecule has 0 radical (unpaired) electrons. The van der Waals surface area contributed by atoms with Crippen molar-refractivity contribution in [2.45, 2.75) is 5.54 Å². The van der Waals surface area contributed by atoms with Gasteiger partial charge in [-0.2, -0.15) is 0 Å². The van der Waals surface area contributed by atoms with Crippen molar-refractivity contribution in [3.05, 3.63) is 95.6 Å². The summed E-state index contributed by atoms with van der Waals surface area (Å²) >= 11 is 0. The van der Waals surface area contributed by atoms with Gasteiger partial charge in [-0.15, -0.1) is 0 Å². The lowest BCUT2D eigenvalue weighted by molar-refractivity contribution is 0.102. The van der Waals surface area contributed by atoms with Gasteiger partial charge in [0.1, 0.15) is 12.4 Å². The van der Waals surface area contributed by atoms with E-state index in [0.29, 0.717) is 23.6 Å². The molecule has 0 fully saturated rings. The van der Waals surface area contributed by atoms with Gasteiger partial charge in [-0.1, -0.05) is 48.5 Å². The van der Waals surface area contributed by atoms with Crippen molar-refractivity contribution in [2.75, 3.05) is 19.0 Å². The molecule has 1 amide bonds. The van der Waals surface area contributed by atoms with Gasteiger partial charge in [-0.3, -0.25) is 4.79 Å². The van der Waals surface area contributed by atoms with Crippen LogP contribution in [0.15, 0.2) is 83.9 Å².